The van der Waals surface area contributed by atoms with Crippen molar-refractivity contribution in [1.82, 2.24) is 10.1 Å². The van der Waals surface area contributed by atoms with Gasteiger partial charge in [-0.25, -0.2) is 0 Å². The molecule has 0 aliphatic rings. The molecular weight excluding hydrogens is 266 g/mol. The van der Waals surface area contributed by atoms with E-state index in [0.29, 0.717) is 17.4 Å². The topological polar surface area (TPSA) is 74.2 Å². The standard InChI is InChI=1S/C16H15N3O2/c1-10-6-7-12(9-14(10)17)16-18-15(19-21-16)11-4-3-5-13(8-11)20-2/h3-9H,17H2,1-2H3. The number of ether oxygens (including phenoxy) is 1. The van der Waals surface area contributed by atoms with Crippen LogP contribution in [-0.4, -0.2) is 17.3 Å². The van der Waals surface area contributed by atoms with Crippen LogP contribution >= 0.6 is 0 Å². The van der Waals surface area contributed by atoms with E-state index >= 15 is 0 Å². The second-order valence-electron chi connectivity index (χ2n) is 4.73. The first-order chi connectivity index (χ1) is 10.2. The van der Waals surface area contributed by atoms with Gasteiger partial charge in [0.05, 0.1) is 7.11 Å². The molecule has 0 bridgehead atoms. The molecule has 0 atom stereocenters. The highest BCUT2D eigenvalue weighted by Gasteiger charge is 2.11. The van der Waals surface area contributed by atoms with Gasteiger partial charge < -0.3 is 15.0 Å². The fraction of sp³-hybridized carbons (Fsp3) is 0.125. The molecule has 1 heterocycles. The number of anilines is 1. The van der Waals surface area contributed by atoms with E-state index in [-0.39, 0.29) is 0 Å². The average Bonchev–Trinajstić information content (AvgIpc) is 3.00. The Kier molecular flexibility index (Phi) is 3.31. The summed E-state index contributed by atoms with van der Waals surface area (Å²) < 4.78 is 10.5. The van der Waals surface area contributed by atoms with Gasteiger partial charge in [0.25, 0.3) is 5.89 Å². The van der Waals surface area contributed by atoms with Crippen LogP contribution in [0.25, 0.3) is 22.8 Å². The number of benzene rings is 2. The van der Waals surface area contributed by atoms with Crippen LogP contribution in [0.15, 0.2) is 47.0 Å². The summed E-state index contributed by atoms with van der Waals surface area (Å²) in [5.74, 6) is 1.71. The molecule has 0 aliphatic carbocycles. The van der Waals surface area contributed by atoms with Gasteiger partial charge in [-0.05, 0) is 36.8 Å². The lowest BCUT2D eigenvalue weighted by Crippen LogP contribution is -1.90. The molecule has 0 saturated heterocycles. The molecule has 21 heavy (non-hydrogen) atoms. The Labute approximate surface area is 122 Å². The molecule has 1 aromatic heterocycles. The highest BCUT2D eigenvalue weighted by atomic mass is 16.5. The van der Waals surface area contributed by atoms with Gasteiger partial charge in [-0.2, -0.15) is 4.98 Å². The monoisotopic (exact) mass is 281 g/mol. The van der Waals surface area contributed by atoms with Crippen molar-refractivity contribution in [2.45, 2.75) is 6.92 Å². The van der Waals surface area contributed by atoms with Crippen molar-refractivity contribution in [3.8, 4) is 28.6 Å². The molecule has 106 valence electrons. The number of rotatable bonds is 3. The second-order valence-corrected chi connectivity index (χ2v) is 4.73. The van der Waals surface area contributed by atoms with Gasteiger partial charge in [-0.1, -0.05) is 23.4 Å². The maximum atomic E-state index is 5.91. The van der Waals surface area contributed by atoms with E-state index in [1.807, 2.05) is 49.4 Å². The molecule has 2 N–H and O–H groups in total. The van der Waals surface area contributed by atoms with Gasteiger partial charge in [-0.15, -0.1) is 0 Å². The van der Waals surface area contributed by atoms with Gasteiger partial charge in [0, 0.05) is 16.8 Å². The summed E-state index contributed by atoms with van der Waals surface area (Å²) in [4.78, 5) is 4.41. The molecule has 0 amide bonds. The molecule has 5 nitrogen and oxygen atoms in total. The third-order valence-corrected chi connectivity index (χ3v) is 3.28. The molecule has 3 aromatic rings. The van der Waals surface area contributed by atoms with Crippen LogP contribution in [0.4, 0.5) is 5.69 Å². The maximum Gasteiger partial charge on any atom is 0.258 e. The van der Waals surface area contributed by atoms with E-state index in [4.69, 9.17) is 15.0 Å². The number of nitrogen functional groups attached to an aromatic ring is 1. The largest absolute Gasteiger partial charge is 0.497 e. The molecule has 0 saturated carbocycles. The van der Waals surface area contributed by atoms with Crippen LogP contribution in [0.1, 0.15) is 5.56 Å². The Morgan fingerprint density at radius 3 is 2.71 bits per heavy atom. The molecule has 0 radical (unpaired) electrons. The van der Waals surface area contributed by atoms with Gasteiger partial charge >= 0.3 is 0 Å². The second kappa shape index (κ2) is 5.28. The summed E-state index contributed by atoms with van der Waals surface area (Å²) in [5.41, 5.74) is 9.27. The fourth-order valence-electron chi connectivity index (χ4n) is 1.99. The molecule has 5 heteroatoms. The van der Waals surface area contributed by atoms with E-state index in [0.717, 1.165) is 22.4 Å². The lowest BCUT2D eigenvalue weighted by Gasteiger charge is -2.01. The first-order valence-electron chi connectivity index (χ1n) is 6.52. The molecular formula is C16H15N3O2. The number of hydrogen-bond donors (Lipinski definition) is 1. The SMILES string of the molecule is COc1cccc(-c2noc(-c3ccc(C)c(N)c3)n2)c1. The van der Waals surface area contributed by atoms with Crippen molar-refractivity contribution in [2.24, 2.45) is 0 Å². The Morgan fingerprint density at radius 2 is 1.95 bits per heavy atom. The van der Waals surface area contributed by atoms with Crippen LogP contribution in [-0.2, 0) is 0 Å². The van der Waals surface area contributed by atoms with E-state index in [1.165, 1.54) is 0 Å². The number of aromatic nitrogens is 2. The first kappa shape index (κ1) is 13.2. The number of methoxy groups -OCH3 is 1. The van der Waals surface area contributed by atoms with Crippen molar-refractivity contribution < 1.29 is 9.26 Å². The van der Waals surface area contributed by atoms with Crippen molar-refractivity contribution in [3.63, 3.8) is 0 Å². The Bertz CT molecular complexity index is 781. The molecule has 0 aliphatic heterocycles. The van der Waals surface area contributed by atoms with Crippen LogP contribution in [0.2, 0.25) is 0 Å². The smallest absolute Gasteiger partial charge is 0.258 e. The zero-order valence-electron chi connectivity index (χ0n) is 11.8. The summed E-state index contributed by atoms with van der Waals surface area (Å²) in [5, 5.41) is 4.01. The van der Waals surface area contributed by atoms with Crippen molar-refractivity contribution in [2.75, 3.05) is 12.8 Å². The molecule has 3 rings (SSSR count). The van der Waals surface area contributed by atoms with E-state index in [1.54, 1.807) is 7.11 Å². The third-order valence-electron chi connectivity index (χ3n) is 3.28. The first-order valence-corrected chi connectivity index (χ1v) is 6.52. The van der Waals surface area contributed by atoms with Crippen LogP contribution in [0, 0.1) is 6.92 Å². The van der Waals surface area contributed by atoms with Crippen LogP contribution in [0.5, 0.6) is 5.75 Å². The number of aryl methyl sites for hydroxylation is 1. The zero-order chi connectivity index (χ0) is 14.8. The lowest BCUT2D eigenvalue weighted by atomic mass is 10.1. The minimum Gasteiger partial charge on any atom is -0.497 e. The van der Waals surface area contributed by atoms with E-state index in [2.05, 4.69) is 10.1 Å². The number of nitrogens with zero attached hydrogens (tertiary/aromatic N) is 2. The normalized spacial score (nSPS) is 10.6. The summed E-state index contributed by atoms with van der Waals surface area (Å²) in [6.07, 6.45) is 0. The van der Waals surface area contributed by atoms with Gasteiger partial charge in [0.2, 0.25) is 5.82 Å². The average molecular weight is 281 g/mol. The van der Waals surface area contributed by atoms with Gasteiger partial charge in [-0.3, -0.25) is 0 Å². The highest BCUT2D eigenvalue weighted by Crippen LogP contribution is 2.26. The Balaban J connectivity index is 1.97. The Morgan fingerprint density at radius 1 is 1.10 bits per heavy atom. The quantitative estimate of drug-likeness (QED) is 0.745. The summed E-state index contributed by atoms with van der Waals surface area (Å²) in [6, 6.07) is 13.2. The minimum atomic E-state index is 0.444. The number of hydrogen-bond acceptors (Lipinski definition) is 5. The summed E-state index contributed by atoms with van der Waals surface area (Å²) in [7, 11) is 1.62. The molecule has 0 unspecified atom stereocenters. The zero-order valence-corrected chi connectivity index (χ0v) is 11.8. The lowest BCUT2D eigenvalue weighted by molar-refractivity contribution is 0.414. The number of nitrogens with two attached hydrogens (primary N) is 1. The van der Waals surface area contributed by atoms with Gasteiger partial charge in [0.15, 0.2) is 0 Å². The van der Waals surface area contributed by atoms with Crippen LogP contribution in [0.3, 0.4) is 0 Å². The fourth-order valence-corrected chi connectivity index (χ4v) is 1.99. The van der Waals surface area contributed by atoms with Gasteiger partial charge in [0.1, 0.15) is 5.75 Å². The molecule has 0 fully saturated rings. The van der Waals surface area contributed by atoms with E-state index in [9.17, 15) is 0 Å². The summed E-state index contributed by atoms with van der Waals surface area (Å²) >= 11 is 0. The third kappa shape index (κ3) is 2.58. The van der Waals surface area contributed by atoms with Crippen molar-refractivity contribution >= 4 is 5.69 Å². The van der Waals surface area contributed by atoms with Crippen molar-refractivity contribution in [1.29, 1.82) is 0 Å². The van der Waals surface area contributed by atoms with Crippen molar-refractivity contribution in [3.05, 3.63) is 48.0 Å². The van der Waals surface area contributed by atoms with E-state index < -0.39 is 0 Å². The summed E-state index contributed by atoms with van der Waals surface area (Å²) in [6.45, 7) is 1.95. The van der Waals surface area contributed by atoms with Crippen LogP contribution < -0.4 is 10.5 Å². The minimum absolute atomic E-state index is 0.444. The predicted octanol–water partition coefficient (Wildman–Crippen LogP) is 3.30. The molecule has 2 aromatic carbocycles. The predicted molar refractivity (Wildman–Crippen MR) is 80.9 cm³/mol. The molecule has 0 spiro atoms. The maximum absolute atomic E-state index is 5.91. The Hall–Kier alpha value is -2.82. The highest BCUT2D eigenvalue weighted by molar-refractivity contribution is 5.65.